The second-order valence-electron chi connectivity index (χ2n) is 4.28. The van der Waals surface area contributed by atoms with E-state index in [4.69, 9.17) is 23.2 Å². The van der Waals surface area contributed by atoms with Crippen LogP contribution in [0.2, 0.25) is 9.49 Å². The maximum absolute atomic E-state index is 6.04. The Labute approximate surface area is 127 Å². The minimum absolute atomic E-state index is 0.490. The zero-order valence-electron chi connectivity index (χ0n) is 10.9. The summed E-state index contributed by atoms with van der Waals surface area (Å²) in [5, 5.41) is 0.490. The molecular formula is C13H15Cl2N3S. The van der Waals surface area contributed by atoms with Crippen LogP contribution in [-0.2, 0) is 13.0 Å². The Morgan fingerprint density at radius 3 is 2.68 bits per heavy atom. The van der Waals surface area contributed by atoms with E-state index in [2.05, 4.69) is 21.8 Å². The van der Waals surface area contributed by atoms with Crippen LogP contribution < -0.4 is 4.90 Å². The fraction of sp³-hybridized carbons (Fsp3) is 0.385. The van der Waals surface area contributed by atoms with Crippen molar-refractivity contribution >= 4 is 40.4 Å². The second kappa shape index (κ2) is 6.55. The third kappa shape index (κ3) is 4.06. The van der Waals surface area contributed by atoms with Crippen LogP contribution in [0.5, 0.6) is 0 Å². The summed E-state index contributed by atoms with van der Waals surface area (Å²) in [6.45, 7) is 2.86. The average molecular weight is 316 g/mol. The molecule has 2 aromatic heterocycles. The SMILES string of the molecule is CCCc1nc(Cl)cc(N(C)Cc2ccc(Cl)s2)n1. The molecule has 2 aromatic rings. The number of thiophene rings is 1. The molecule has 0 radical (unpaired) electrons. The Kier molecular flexibility index (Phi) is 5.02. The van der Waals surface area contributed by atoms with E-state index in [1.807, 2.05) is 19.2 Å². The molecule has 3 nitrogen and oxygen atoms in total. The zero-order chi connectivity index (χ0) is 13.8. The molecular weight excluding hydrogens is 301 g/mol. The monoisotopic (exact) mass is 315 g/mol. The molecule has 0 saturated carbocycles. The Bertz CT molecular complexity index is 557. The van der Waals surface area contributed by atoms with E-state index in [9.17, 15) is 0 Å². The van der Waals surface area contributed by atoms with Gasteiger partial charge in [-0.05, 0) is 18.6 Å². The van der Waals surface area contributed by atoms with E-state index < -0.39 is 0 Å². The van der Waals surface area contributed by atoms with E-state index in [0.29, 0.717) is 5.15 Å². The summed E-state index contributed by atoms with van der Waals surface area (Å²) in [7, 11) is 1.99. The van der Waals surface area contributed by atoms with E-state index in [1.54, 1.807) is 17.4 Å². The van der Waals surface area contributed by atoms with Gasteiger partial charge in [0, 0.05) is 24.4 Å². The fourth-order valence-electron chi connectivity index (χ4n) is 1.73. The number of hydrogen-bond donors (Lipinski definition) is 0. The van der Waals surface area contributed by atoms with Crippen LogP contribution in [0.25, 0.3) is 0 Å². The number of halogens is 2. The van der Waals surface area contributed by atoms with Crippen LogP contribution in [-0.4, -0.2) is 17.0 Å². The van der Waals surface area contributed by atoms with E-state index >= 15 is 0 Å². The molecule has 6 heteroatoms. The van der Waals surface area contributed by atoms with Crippen molar-refractivity contribution in [2.45, 2.75) is 26.3 Å². The predicted molar refractivity (Wildman–Crippen MR) is 82.5 cm³/mol. The molecule has 0 bridgehead atoms. The summed E-state index contributed by atoms with van der Waals surface area (Å²) < 4.78 is 0.802. The minimum atomic E-state index is 0.490. The Balaban J connectivity index is 2.15. The molecule has 0 saturated heterocycles. The summed E-state index contributed by atoms with van der Waals surface area (Å²) >= 11 is 13.6. The summed E-state index contributed by atoms with van der Waals surface area (Å²) in [5.74, 6) is 1.63. The normalized spacial score (nSPS) is 10.7. The first-order valence-electron chi connectivity index (χ1n) is 6.07. The second-order valence-corrected chi connectivity index (χ2v) is 6.46. The lowest BCUT2D eigenvalue weighted by molar-refractivity contribution is 0.814. The summed E-state index contributed by atoms with van der Waals surface area (Å²) in [4.78, 5) is 12.0. The first-order valence-corrected chi connectivity index (χ1v) is 7.64. The van der Waals surface area contributed by atoms with Gasteiger partial charge in [-0.2, -0.15) is 0 Å². The minimum Gasteiger partial charge on any atom is -0.354 e. The highest BCUT2D eigenvalue weighted by Gasteiger charge is 2.09. The van der Waals surface area contributed by atoms with Gasteiger partial charge in [0.2, 0.25) is 0 Å². The van der Waals surface area contributed by atoms with Crippen molar-refractivity contribution in [3.05, 3.63) is 38.4 Å². The van der Waals surface area contributed by atoms with E-state index in [0.717, 1.165) is 35.4 Å². The first-order chi connectivity index (χ1) is 9.08. The highest BCUT2D eigenvalue weighted by Crippen LogP contribution is 2.24. The molecule has 0 spiro atoms. The van der Waals surface area contributed by atoms with Gasteiger partial charge in [0.1, 0.15) is 16.8 Å². The Morgan fingerprint density at radius 2 is 2.05 bits per heavy atom. The largest absolute Gasteiger partial charge is 0.354 e. The van der Waals surface area contributed by atoms with Crippen LogP contribution in [0.15, 0.2) is 18.2 Å². The summed E-state index contributed by atoms with van der Waals surface area (Å²) in [6.07, 6.45) is 1.84. The highest BCUT2D eigenvalue weighted by atomic mass is 35.5. The maximum Gasteiger partial charge on any atom is 0.134 e. The van der Waals surface area contributed by atoms with Gasteiger partial charge in [-0.15, -0.1) is 11.3 Å². The van der Waals surface area contributed by atoms with Gasteiger partial charge in [-0.25, -0.2) is 9.97 Å². The third-order valence-corrected chi connectivity index (χ3v) is 4.02. The van der Waals surface area contributed by atoms with Gasteiger partial charge in [0.15, 0.2) is 0 Å². The standard InChI is InChI=1S/C13H15Cl2N3S/c1-3-4-12-16-10(14)7-13(17-12)18(2)8-9-5-6-11(15)19-9/h5-7H,3-4,8H2,1-2H3. The van der Waals surface area contributed by atoms with Crippen molar-refractivity contribution in [3.63, 3.8) is 0 Å². The lowest BCUT2D eigenvalue weighted by atomic mass is 10.3. The van der Waals surface area contributed by atoms with Crippen molar-refractivity contribution in [3.8, 4) is 0 Å². The summed E-state index contributed by atoms with van der Waals surface area (Å²) in [6, 6.07) is 5.72. The third-order valence-electron chi connectivity index (χ3n) is 2.61. The number of aromatic nitrogens is 2. The quantitative estimate of drug-likeness (QED) is 0.764. The van der Waals surface area contributed by atoms with Gasteiger partial charge in [0.25, 0.3) is 0 Å². The Morgan fingerprint density at radius 1 is 1.26 bits per heavy atom. The summed E-state index contributed by atoms with van der Waals surface area (Å²) in [5.41, 5.74) is 0. The lowest BCUT2D eigenvalue weighted by Gasteiger charge is -2.18. The van der Waals surface area contributed by atoms with Crippen molar-refractivity contribution in [2.24, 2.45) is 0 Å². The molecule has 0 aliphatic rings. The zero-order valence-corrected chi connectivity index (χ0v) is 13.2. The van der Waals surface area contributed by atoms with Gasteiger partial charge < -0.3 is 4.90 Å². The van der Waals surface area contributed by atoms with Crippen LogP contribution in [0.1, 0.15) is 24.0 Å². The number of hydrogen-bond acceptors (Lipinski definition) is 4. The molecule has 0 N–H and O–H groups in total. The molecule has 0 aliphatic carbocycles. The average Bonchev–Trinajstić information content (AvgIpc) is 2.74. The topological polar surface area (TPSA) is 29.0 Å². The molecule has 0 aliphatic heterocycles. The molecule has 102 valence electrons. The molecule has 2 heterocycles. The number of aryl methyl sites for hydroxylation is 1. The molecule has 19 heavy (non-hydrogen) atoms. The maximum atomic E-state index is 6.04. The van der Waals surface area contributed by atoms with Crippen LogP contribution in [0, 0.1) is 0 Å². The van der Waals surface area contributed by atoms with Crippen LogP contribution in [0.3, 0.4) is 0 Å². The number of anilines is 1. The highest BCUT2D eigenvalue weighted by molar-refractivity contribution is 7.16. The van der Waals surface area contributed by atoms with E-state index in [1.165, 1.54) is 4.88 Å². The molecule has 0 atom stereocenters. The van der Waals surface area contributed by atoms with E-state index in [-0.39, 0.29) is 0 Å². The van der Waals surface area contributed by atoms with Gasteiger partial charge >= 0.3 is 0 Å². The molecule has 0 unspecified atom stereocenters. The van der Waals surface area contributed by atoms with Crippen molar-refractivity contribution in [1.82, 2.24) is 9.97 Å². The predicted octanol–water partition coefficient (Wildman–Crippen LogP) is 4.43. The Hall–Kier alpha value is -0.840. The van der Waals surface area contributed by atoms with Crippen LogP contribution in [0.4, 0.5) is 5.82 Å². The van der Waals surface area contributed by atoms with Gasteiger partial charge in [0.05, 0.1) is 10.9 Å². The number of nitrogens with zero attached hydrogens (tertiary/aromatic N) is 3. The molecule has 0 aromatic carbocycles. The van der Waals surface area contributed by atoms with Crippen LogP contribution >= 0.6 is 34.5 Å². The number of rotatable bonds is 5. The first kappa shape index (κ1) is 14.6. The molecule has 0 amide bonds. The van der Waals surface area contributed by atoms with Gasteiger partial charge in [-0.1, -0.05) is 30.1 Å². The van der Waals surface area contributed by atoms with Gasteiger partial charge in [-0.3, -0.25) is 0 Å². The molecule has 0 fully saturated rings. The van der Waals surface area contributed by atoms with Crippen molar-refractivity contribution < 1.29 is 0 Å². The smallest absolute Gasteiger partial charge is 0.134 e. The fourth-order valence-corrected chi connectivity index (χ4v) is 3.07. The van der Waals surface area contributed by atoms with Crippen molar-refractivity contribution in [2.75, 3.05) is 11.9 Å². The van der Waals surface area contributed by atoms with Crippen molar-refractivity contribution in [1.29, 1.82) is 0 Å². The lowest BCUT2D eigenvalue weighted by Crippen LogP contribution is -2.18. The molecule has 2 rings (SSSR count).